The van der Waals surface area contributed by atoms with Crippen molar-refractivity contribution in [3.05, 3.63) is 0 Å². The highest BCUT2D eigenvalue weighted by atomic mass is 16.5. The van der Waals surface area contributed by atoms with E-state index in [2.05, 4.69) is 45.9 Å². The Bertz CT molecular complexity index is 452. The van der Waals surface area contributed by atoms with Crippen LogP contribution in [0, 0.1) is 11.8 Å². The molecule has 0 saturated carbocycles. The van der Waals surface area contributed by atoms with Gasteiger partial charge in [-0.2, -0.15) is 15.0 Å². The Morgan fingerprint density at radius 3 is 2.71 bits per heavy atom. The van der Waals surface area contributed by atoms with Crippen LogP contribution in [0.25, 0.3) is 0 Å². The maximum atomic E-state index is 5.59. The Morgan fingerprint density at radius 1 is 1.29 bits per heavy atom. The molecule has 0 bridgehead atoms. The Hall–Kier alpha value is -1.59. The van der Waals surface area contributed by atoms with E-state index >= 15 is 0 Å². The fourth-order valence-electron chi connectivity index (χ4n) is 2.50. The molecule has 2 heterocycles. The predicted octanol–water partition coefficient (Wildman–Crippen LogP) is 2.57. The highest BCUT2D eigenvalue weighted by molar-refractivity contribution is 5.39. The molecule has 6 heteroatoms. The van der Waals surface area contributed by atoms with Crippen molar-refractivity contribution in [3.63, 3.8) is 0 Å². The molecule has 0 spiro atoms. The zero-order chi connectivity index (χ0) is 15.2. The van der Waals surface area contributed by atoms with Gasteiger partial charge in [0.2, 0.25) is 11.9 Å². The number of anilines is 2. The minimum Gasteiger partial charge on any atom is -0.463 e. The van der Waals surface area contributed by atoms with E-state index in [0.717, 1.165) is 32.0 Å². The van der Waals surface area contributed by atoms with Crippen LogP contribution in [0.3, 0.4) is 0 Å². The van der Waals surface area contributed by atoms with Gasteiger partial charge in [-0.25, -0.2) is 0 Å². The van der Waals surface area contributed by atoms with Gasteiger partial charge in [0.15, 0.2) is 0 Å². The monoisotopic (exact) mass is 293 g/mol. The van der Waals surface area contributed by atoms with Gasteiger partial charge in [-0.05, 0) is 31.6 Å². The van der Waals surface area contributed by atoms with Gasteiger partial charge in [-0.3, -0.25) is 0 Å². The molecular formula is C15H27N5O. The van der Waals surface area contributed by atoms with Gasteiger partial charge >= 0.3 is 6.01 Å². The van der Waals surface area contributed by atoms with Crippen molar-refractivity contribution in [1.29, 1.82) is 0 Å². The summed E-state index contributed by atoms with van der Waals surface area (Å²) in [5.74, 6) is 2.74. The van der Waals surface area contributed by atoms with Crippen LogP contribution in [-0.2, 0) is 0 Å². The van der Waals surface area contributed by atoms with Crippen molar-refractivity contribution in [2.75, 3.05) is 36.5 Å². The van der Waals surface area contributed by atoms with E-state index in [4.69, 9.17) is 4.74 Å². The van der Waals surface area contributed by atoms with E-state index in [9.17, 15) is 0 Å². The van der Waals surface area contributed by atoms with Crippen LogP contribution >= 0.6 is 0 Å². The van der Waals surface area contributed by atoms with Crippen molar-refractivity contribution < 1.29 is 4.74 Å². The molecule has 1 fully saturated rings. The fourth-order valence-corrected chi connectivity index (χ4v) is 2.50. The van der Waals surface area contributed by atoms with Crippen LogP contribution in [0.4, 0.5) is 11.9 Å². The number of nitrogens with zero attached hydrogens (tertiary/aromatic N) is 4. The molecule has 1 aliphatic heterocycles. The lowest BCUT2D eigenvalue weighted by molar-refractivity contribution is 0.292. The summed E-state index contributed by atoms with van der Waals surface area (Å²) in [5.41, 5.74) is 0. The van der Waals surface area contributed by atoms with E-state index in [1.807, 2.05) is 6.92 Å². The molecule has 21 heavy (non-hydrogen) atoms. The van der Waals surface area contributed by atoms with Crippen molar-refractivity contribution in [2.45, 2.75) is 40.5 Å². The third kappa shape index (κ3) is 4.19. The molecule has 1 unspecified atom stereocenters. The molecule has 0 radical (unpaired) electrons. The number of nitrogens with one attached hydrogen (secondary N) is 1. The first-order chi connectivity index (χ1) is 10.1. The Morgan fingerprint density at radius 2 is 2.10 bits per heavy atom. The molecule has 0 amide bonds. The maximum absolute atomic E-state index is 5.59. The van der Waals surface area contributed by atoms with E-state index in [1.165, 1.54) is 6.42 Å². The van der Waals surface area contributed by atoms with Crippen LogP contribution in [0.5, 0.6) is 6.01 Å². The van der Waals surface area contributed by atoms with Crippen molar-refractivity contribution in [1.82, 2.24) is 15.0 Å². The van der Waals surface area contributed by atoms with E-state index in [-0.39, 0.29) is 0 Å². The average Bonchev–Trinajstić information content (AvgIpc) is 2.95. The first kappa shape index (κ1) is 15.8. The molecular weight excluding hydrogens is 266 g/mol. The largest absolute Gasteiger partial charge is 0.463 e. The minimum atomic E-state index is 0.422. The third-order valence-corrected chi connectivity index (χ3v) is 3.82. The Balaban J connectivity index is 2.15. The first-order valence-electron chi connectivity index (χ1n) is 8.01. The van der Waals surface area contributed by atoms with E-state index in [0.29, 0.717) is 30.4 Å². The lowest BCUT2D eigenvalue weighted by atomic mass is 9.95. The molecule has 1 aromatic rings. The number of rotatable bonds is 7. The number of hydrogen-bond donors (Lipinski definition) is 1. The van der Waals surface area contributed by atoms with Gasteiger partial charge in [-0.1, -0.05) is 20.8 Å². The Labute approximate surface area is 127 Å². The molecule has 1 aromatic heterocycles. The summed E-state index contributed by atoms with van der Waals surface area (Å²) in [6.07, 6.45) is 2.14. The summed E-state index contributed by atoms with van der Waals surface area (Å²) in [4.78, 5) is 15.5. The second-order valence-electron chi connectivity index (χ2n) is 5.86. The number of ether oxygens (including phenoxy) is 1. The van der Waals surface area contributed by atoms with Gasteiger partial charge < -0.3 is 15.0 Å². The molecule has 1 saturated heterocycles. The van der Waals surface area contributed by atoms with Gasteiger partial charge in [0, 0.05) is 19.6 Å². The minimum absolute atomic E-state index is 0.422. The zero-order valence-corrected chi connectivity index (χ0v) is 13.6. The summed E-state index contributed by atoms with van der Waals surface area (Å²) in [6, 6.07) is 0.422. The summed E-state index contributed by atoms with van der Waals surface area (Å²) in [7, 11) is 0. The normalized spacial score (nSPS) is 18.3. The van der Waals surface area contributed by atoms with Crippen molar-refractivity contribution in [2.24, 2.45) is 11.8 Å². The number of hydrogen-bond acceptors (Lipinski definition) is 6. The second kappa shape index (κ2) is 7.43. The van der Waals surface area contributed by atoms with Crippen LogP contribution in [-0.4, -0.2) is 41.2 Å². The highest BCUT2D eigenvalue weighted by Gasteiger charge is 2.27. The summed E-state index contributed by atoms with van der Waals surface area (Å²) < 4.78 is 5.59. The fraction of sp³-hybridized carbons (Fsp3) is 0.800. The van der Waals surface area contributed by atoms with Crippen LogP contribution in [0.2, 0.25) is 0 Å². The highest BCUT2D eigenvalue weighted by Crippen LogP contribution is 2.27. The summed E-state index contributed by atoms with van der Waals surface area (Å²) in [5, 5.41) is 3.15. The standard InChI is InChI=1S/C15H27N5O/c1-5-9-21-15-18-13(16-6-2)17-14(19-15)20-8-7-12(10-20)11(3)4/h11-12H,5-10H2,1-4H3,(H,16,17,18,19). The van der Waals surface area contributed by atoms with Gasteiger partial charge in [0.05, 0.1) is 6.61 Å². The molecule has 0 aromatic carbocycles. The van der Waals surface area contributed by atoms with Crippen LogP contribution in [0.15, 0.2) is 0 Å². The topological polar surface area (TPSA) is 63.2 Å². The molecule has 118 valence electrons. The second-order valence-corrected chi connectivity index (χ2v) is 5.86. The van der Waals surface area contributed by atoms with Gasteiger partial charge in [0.1, 0.15) is 0 Å². The molecule has 1 aliphatic rings. The first-order valence-corrected chi connectivity index (χ1v) is 8.01. The smallest absolute Gasteiger partial charge is 0.323 e. The third-order valence-electron chi connectivity index (χ3n) is 3.82. The van der Waals surface area contributed by atoms with Crippen molar-refractivity contribution in [3.8, 4) is 6.01 Å². The van der Waals surface area contributed by atoms with E-state index in [1.54, 1.807) is 0 Å². The quantitative estimate of drug-likeness (QED) is 0.833. The van der Waals surface area contributed by atoms with E-state index < -0.39 is 0 Å². The SMILES string of the molecule is CCCOc1nc(NCC)nc(N2CCC(C(C)C)C2)n1. The molecule has 6 nitrogen and oxygen atoms in total. The molecule has 1 N–H and O–H groups in total. The lowest BCUT2D eigenvalue weighted by Gasteiger charge is -2.19. The molecule has 1 atom stereocenters. The Kier molecular flexibility index (Phi) is 5.59. The van der Waals surface area contributed by atoms with Gasteiger partial charge in [0.25, 0.3) is 0 Å². The van der Waals surface area contributed by atoms with Crippen LogP contribution in [0.1, 0.15) is 40.5 Å². The number of aromatic nitrogens is 3. The van der Waals surface area contributed by atoms with Crippen molar-refractivity contribution >= 4 is 11.9 Å². The average molecular weight is 293 g/mol. The van der Waals surface area contributed by atoms with Gasteiger partial charge in [-0.15, -0.1) is 0 Å². The maximum Gasteiger partial charge on any atom is 0.323 e. The summed E-state index contributed by atoms with van der Waals surface area (Å²) in [6.45, 7) is 12.1. The van der Waals surface area contributed by atoms with Crippen LogP contribution < -0.4 is 15.0 Å². The molecule has 2 rings (SSSR count). The predicted molar refractivity (Wildman–Crippen MR) is 84.9 cm³/mol. The lowest BCUT2D eigenvalue weighted by Crippen LogP contribution is -2.24. The summed E-state index contributed by atoms with van der Waals surface area (Å²) >= 11 is 0. The molecule has 0 aliphatic carbocycles. The zero-order valence-electron chi connectivity index (χ0n) is 13.6.